The molecule has 3 amide bonds. The van der Waals surface area contributed by atoms with E-state index >= 15 is 0 Å². The number of nitrogens with two attached hydrogens (primary N) is 1. The SMILES string of the molecule is NC(=O)[C@@H]1CCN(C(=O)NC[C@H]2CCN(c3ccc(F)cc3)C2)C1. The summed E-state index contributed by atoms with van der Waals surface area (Å²) in [6, 6.07) is 6.37. The van der Waals surface area contributed by atoms with Crippen LogP contribution in [0.25, 0.3) is 0 Å². The lowest BCUT2D eigenvalue weighted by Crippen LogP contribution is -2.41. The van der Waals surface area contributed by atoms with Crippen molar-refractivity contribution < 1.29 is 14.0 Å². The number of amides is 3. The zero-order valence-electron chi connectivity index (χ0n) is 13.6. The number of halogens is 1. The minimum Gasteiger partial charge on any atom is -0.371 e. The van der Waals surface area contributed by atoms with Gasteiger partial charge >= 0.3 is 6.03 Å². The maximum atomic E-state index is 13.0. The van der Waals surface area contributed by atoms with Gasteiger partial charge in [-0.15, -0.1) is 0 Å². The second-order valence-electron chi connectivity index (χ2n) is 6.60. The van der Waals surface area contributed by atoms with Crippen LogP contribution in [0.1, 0.15) is 12.8 Å². The zero-order chi connectivity index (χ0) is 17.1. The number of hydrogen-bond acceptors (Lipinski definition) is 3. The van der Waals surface area contributed by atoms with Crippen LogP contribution in [0.2, 0.25) is 0 Å². The molecule has 0 unspecified atom stereocenters. The first-order valence-corrected chi connectivity index (χ1v) is 8.35. The molecule has 2 heterocycles. The van der Waals surface area contributed by atoms with Gasteiger partial charge in [-0.3, -0.25) is 4.79 Å². The largest absolute Gasteiger partial charge is 0.371 e. The maximum Gasteiger partial charge on any atom is 0.317 e. The van der Waals surface area contributed by atoms with E-state index in [4.69, 9.17) is 5.73 Å². The van der Waals surface area contributed by atoms with Gasteiger partial charge in [0.05, 0.1) is 5.92 Å². The lowest BCUT2D eigenvalue weighted by Gasteiger charge is -2.20. The summed E-state index contributed by atoms with van der Waals surface area (Å²) in [5.41, 5.74) is 6.30. The number of likely N-dealkylation sites (tertiary alicyclic amines) is 1. The molecule has 0 aromatic heterocycles. The van der Waals surface area contributed by atoms with Crippen molar-refractivity contribution in [3.8, 4) is 0 Å². The molecule has 2 saturated heterocycles. The van der Waals surface area contributed by atoms with Gasteiger partial charge < -0.3 is 20.9 Å². The van der Waals surface area contributed by atoms with Crippen molar-refractivity contribution >= 4 is 17.6 Å². The van der Waals surface area contributed by atoms with Gasteiger partial charge in [0, 0.05) is 38.4 Å². The highest BCUT2D eigenvalue weighted by atomic mass is 19.1. The van der Waals surface area contributed by atoms with Gasteiger partial charge in [-0.2, -0.15) is 0 Å². The summed E-state index contributed by atoms with van der Waals surface area (Å²) in [6.07, 6.45) is 1.63. The number of urea groups is 1. The van der Waals surface area contributed by atoms with Crippen molar-refractivity contribution in [2.45, 2.75) is 12.8 Å². The van der Waals surface area contributed by atoms with Gasteiger partial charge in [-0.1, -0.05) is 0 Å². The summed E-state index contributed by atoms with van der Waals surface area (Å²) in [4.78, 5) is 27.2. The van der Waals surface area contributed by atoms with Crippen LogP contribution in [0, 0.1) is 17.7 Å². The number of nitrogens with zero attached hydrogens (tertiary/aromatic N) is 2. The topological polar surface area (TPSA) is 78.7 Å². The van der Waals surface area contributed by atoms with Crippen molar-refractivity contribution in [2.24, 2.45) is 17.6 Å². The van der Waals surface area contributed by atoms with E-state index in [0.29, 0.717) is 32.0 Å². The van der Waals surface area contributed by atoms with E-state index in [9.17, 15) is 14.0 Å². The lowest BCUT2D eigenvalue weighted by molar-refractivity contribution is -0.121. The Morgan fingerprint density at radius 2 is 1.92 bits per heavy atom. The number of anilines is 1. The number of hydrogen-bond donors (Lipinski definition) is 2. The molecule has 2 fully saturated rings. The minimum atomic E-state index is -0.337. The Hall–Kier alpha value is -2.31. The zero-order valence-corrected chi connectivity index (χ0v) is 13.6. The van der Waals surface area contributed by atoms with Crippen LogP contribution in [0.3, 0.4) is 0 Å². The van der Waals surface area contributed by atoms with E-state index in [2.05, 4.69) is 10.2 Å². The van der Waals surface area contributed by atoms with Gasteiger partial charge in [0.25, 0.3) is 0 Å². The Bertz CT molecular complexity index is 607. The molecule has 0 radical (unpaired) electrons. The number of rotatable bonds is 4. The molecule has 7 heteroatoms. The Kier molecular flexibility index (Phi) is 4.87. The van der Waals surface area contributed by atoms with E-state index < -0.39 is 0 Å². The van der Waals surface area contributed by atoms with Crippen molar-refractivity contribution in [3.63, 3.8) is 0 Å². The van der Waals surface area contributed by atoms with Crippen molar-refractivity contribution in [1.29, 1.82) is 0 Å². The molecule has 24 heavy (non-hydrogen) atoms. The summed E-state index contributed by atoms with van der Waals surface area (Å²) in [6.45, 7) is 3.34. The summed E-state index contributed by atoms with van der Waals surface area (Å²) >= 11 is 0. The molecule has 1 aromatic rings. The fraction of sp³-hybridized carbons (Fsp3) is 0.529. The van der Waals surface area contributed by atoms with Crippen LogP contribution in [0.15, 0.2) is 24.3 Å². The summed E-state index contributed by atoms with van der Waals surface area (Å²) < 4.78 is 13.0. The molecular formula is C17H23FN4O2. The number of carbonyl (C=O) groups is 2. The highest BCUT2D eigenvalue weighted by Gasteiger charge is 2.30. The number of benzene rings is 1. The van der Waals surface area contributed by atoms with Gasteiger partial charge in [-0.25, -0.2) is 9.18 Å². The van der Waals surface area contributed by atoms with Gasteiger partial charge in [0.1, 0.15) is 5.82 Å². The molecule has 130 valence electrons. The highest BCUT2D eigenvalue weighted by molar-refractivity contribution is 5.80. The number of primary amides is 1. The Morgan fingerprint density at radius 3 is 2.58 bits per heavy atom. The third-order valence-corrected chi connectivity index (χ3v) is 4.90. The van der Waals surface area contributed by atoms with Crippen LogP contribution in [0.5, 0.6) is 0 Å². The molecule has 2 atom stereocenters. The molecule has 1 aromatic carbocycles. The van der Waals surface area contributed by atoms with Gasteiger partial charge in [0.2, 0.25) is 5.91 Å². The fourth-order valence-corrected chi connectivity index (χ4v) is 3.41. The van der Waals surface area contributed by atoms with E-state index in [1.165, 1.54) is 12.1 Å². The predicted molar refractivity (Wildman–Crippen MR) is 89.0 cm³/mol. The third-order valence-electron chi connectivity index (χ3n) is 4.90. The first-order valence-electron chi connectivity index (χ1n) is 8.35. The quantitative estimate of drug-likeness (QED) is 0.867. The maximum absolute atomic E-state index is 13.0. The molecule has 6 nitrogen and oxygen atoms in total. The smallest absolute Gasteiger partial charge is 0.317 e. The second kappa shape index (κ2) is 7.07. The standard InChI is InChI=1S/C17H23FN4O2/c18-14-1-3-15(4-2-14)21-7-5-12(10-21)9-20-17(24)22-8-6-13(11-22)16(19)23/h1-4,12-13H,5-11H2,(H2,19,23)(H,20,24)/t12-,13-/m1/s1. The average molecular weight is 334 g/mol. The van der Waals surface area contributed by atoms with E-state index in [0.717, 1.165) is 25.2 Å². The average Bonchev–Trinajstić information content (AvgIpc) is 3.23. The molecule has 0 bridgehead atoms. The van der Waals surface area contributed by atoms with E-state index in [1.54, 1.807) is 17.0 Å². The summed E-state index contributed by atoms with van der Waals surface area (Å²) in [5.74, 6) is -0.428. The molecule has 2 aliphatic rings. The first-order chi connectivity index (χ1) is 11.5. The molecule has 0 aliphatic carbocycles. The molecule has 0 saturated carbocycles. The molecule has 2 aliphatic heterocycles. The summed E-state index contributed by atoms with van der Waals surface area (Å²) in [7, 11) is 0. The van der Waals surface area contributed by atoms with E-state index in [1.807, 2.05) is 0 Å². The van der Waals surface area contributed by atoms with Crippen LogP contribution >= 0.6 is 0 Å². The fourth-order valence-electron chi connectivity index (χ4n) is 3.41. The van der Waals surface area contributed by atoms with Crippen molar-refractivity contribution in [2.75, 3.05) is 37.6 Å². The number of nitrogens with one attached hydrogen (secondary N) is 1. The summed E-state index contributed by atoms with van der Waals surface area (Å²) in [5, 5.41) is 2.96. The molecule has 3 rings (SSSR count). The predicted octanol–water partition coefficient (Wildman–Crippen LogP) is 1.17. The molecular weight excluding hydrogens is 311 g/mol. The van der Waals surface area contributed by atoms with Crippen LogP contribution in [-0.2, 0) is 4.79 Å². The van der Waals surface area contributed by atoms with Gasteiger partial charge in [0.15, 0.2) is 0 Å². The highest BCUT2D eigenvalue weighted by Crippen LogP contribution is 2.23. The Labute approximate surface area is 140 Å². The Morgan fingerprint density at radius 1 is 1.17 bits per heavy atom. The third kappa shape index (κ3) is 3.77. The normalized spacial score (nSPS) is 23.5. The second-order valence-corrected chi connectivity index (χ2v) is 6.60. The van der Waals surface area contributed by atoms with Crippen molar-refractivity contribution in [1.82, 2.24) is 10.2 Å². The van der Waals surface area contributed by atoms with E-state index in [-0.39, 0.29) is 23.7 Å². The monoisotopic (exact) mass is 334 g/mol. The minimum absolute atomic E-state index is 0.126. The van der Waals surface area contributed by atoms with Crippen LogP contribution in [0.4, 0.5) is 14.9 Å². The Balaban J connectivity index is 1.44. The van der Waals surface area contributed by atoms with Crippen LogP contribution in [-0.4, -0.2) is 49.6 Å². The molecule has 3 N–H and O–H groups in total. The first kappa shape index (κ1) is 16.5. The molecule has 0 spiro atoms. The lowest BCUT2D eigenvalue weighted by atomic mass is 10.1. The van der Waals surface area contributed by atoms with Crippen LogP contribution < -0.4 is 16.0 Å². The van der Waals surface area contributed by atoms with Gasteiger partial charge in [-0.05, 0) is 43.0 Å². The van der Waals surface area contributed by atoms with Crippen molar-refractivity contribution in [3.05, 3.63) is 30.1 Å². The number of carbonyl (C=O) groups excluding carboxylic acids is 2.